The van der Waals surface area contributed by atoms with Crippen molar-refractivity contribution in [1.82, 2.24) is 4.90 Å². The van der Waals surface area contributed by atoms with Crippen LogP contribution in [0.15, 0.2) is 42.0 Å². The van der Waals surface area contributed by atoms with Gasteiger partial charge in [-0.15, -0.1) is 0 Å². The predicted octanol–water partition coefficient (Wildman–Crippen LogP) is 4.14. The van der Waals surface area contributed by atoms with E-state index in [4.69, 9.17) is 4.74 Å². The van der Waals surface area contributed by atoms with Gasteiger partial charge in [-0.3, -0.25) is 4.90 Å². The van der Waals surface area contributed by atoms with E-state index in [1.807, 2.05) is 35.2 Å². The minimum Gasteiger partial charge on any atom is -0.445 e. The monoisotopic (exact) mass is 285 g/mol. The molecule has 112 valence electrons. The zero-order valence-corrected chi connectivity index (χ0v) is 12.8. The van der Waals surface area contributed by atoms with Gasteiger partial charge in [-0.2, -0.15) is 0 Å². The van der Waals surface area contributed by atoms with Crippen LogP contribution in [0.4, 0.5) is 4.79 Å². The Morgan fingerprint density at radius 1 is 1.29 bits per heavy atom. The molecule has 0 radical (unpaired) electrons. The third-order valence-corrected chi connectivity index (χ3v) is 4.58. The lowest BCUT2D eigenvalue weighted by Gasteiger charge is -2.34. The number of hydrogen-bond acceptors (Lipinski definition) is 2. The molecule has 1 fully saturated rings. The van der Waals surface area contributed by atoms with E-state index in [1.54, 1.807) is 0 Å². The number of nitrogens with zero attached hydrogens (tertiary/aromatic N) is 1. The summed E-state index contributed by atoms with van der Waals surface area (Å²) in [5.74, 6) is 0.579. The first-order valence-electron chi connectivity index (χ1n) is 7.84. The maximum Gasteiger partial charge on any atom is 0.410 e. The SMILES string of the molecule is CC(C)C1=CC2CCC(C1)N2C(=O)OCc1ccccc1. The summed E-state index contributed by atoms with van der Waals surface area (Å²) >= 11 is 0. The standard InChI is InChI=1S/C18H23NO2/c1-13(2)15-10-16-8-9-17(11-15)19(16)18(20)21-12-14-6-4-3-5-7-14/h3-7,10,13,16-17H,8-9,11-12H2,1-2H3. The number of benzene rings is 1. The quantitative estimate of drug-likeness (QED) is 0.781. The second-order valence-electron chi connectivity index (χ2n) is 6.35. The van der Waals surface area contributed by atoms with E-state index >= 15 is 0 Å². The van der Waals surface area contributed by atoms with Crippen LogP contribution in [-0.2, 0) is 11.3 Å². The highest BCUT2D eigenvalue weighted by molar-refractivity contribution is 5.70. The maximum atomic E-state index is 12.4. The number of fused-ring (bicyclic) bond motifs is 2. The Morgan fingerprint density at radius 2 is 2.05 bits per heavy atom. The van der Waals surface area contributed by atoms with E-state index in [9.17, 15) is 4.79 Å². The Bertz CT molecular complexity index is 535. The van der Waals surface area contributed by atoms with Crippen LogP contribution in [-0.4, -0.2) is 23.1 Å². The molecular formula is C18H23NO2. The number of amides is 1. The maximum absolute atomic E-state index is 12.4. The lowest BCUT2D eigenvalue weighted by Crippen LogP contribution is -2.43. The van der Waals surface area contributed by atoms with E-state index in [0.29, 0.717) is 18.6 Å². The fraction of sp³-hybridized carbons (Fsp3) is 0.500. The zero-order chi connectivity index (χ0) is 14.8. The smallest absolute Gasteiger partial charge is 0.410 e. The number of ether oxygens (including phenoxy) is 1. The fourth-order valence-electron chi connectivity index (χ4n) is 3.37. The van der Waals surface area contributed by atoms with Crippen molar-refractivity contribution in [2.45, 2.75) is 51.8 Å². The first-order valence-corrected chi connectivity index (χ1v) is 7.84. The van der Waals surface area contributed by atoms with E-state index in [-0.39, 0.29) is 12.1 Å². The third kappa shape index (κ3) is 2.97. The Morgan fingerprint density at radius 3 is 2.71 bits per heavy atom. The number of carbonyl (C=O) groups is 1. The van der Waals surface area contributed by atoms with E-state index in [2.05, 4.69) is 19.9 Å². The van der Waals surface area contributed by atoms with Gasteiger partial charge in [-0.1, -0.05) is 55.8 Å². The van der Waals surface area contributed by atoms with E-state index in [0.717, 1.165) is 24.8 Å². The van der Waals surface area contributed by atoms with Gasteiger partial charge in [-0.05, 0) is 30.7 Å². The lowest BCUT2D eigenvalue weighted by molar-refractivity contribution is 0.0810. The summed E-state index contributed by atoms with van der Waals surface area (Å²) in [6.07, 6.45) is 5.30. The summed E-state index contributed by atoms with van der Waals surface area (Å²) in [7, 11) is 0. The lowest BCUT2D eigenvalue weighted by atomic mass is 9.93. The molecule has 2 unspecified atom stereocenters. The van der Waals surface area contributed by atoms with Crippen LogP contribution in [0.2, 0.25) is 0 Å². The van der Waals surface area contributed by atoms with Gasteiger partial charge < -0.3 is 4.74 Å². The Kier molecular flexibility index (Phi) is 4.00. The van der Waals surface area contributed by atoms with Gasteiger partial charge >= 0.3 is 6.09 Å². The molecule has 3 nitrogen and oxygen atoms in total. The summed E-state index contributed by atoms with van der Waals surface area (Å²) in [5, 5.41) is 0. The molecule has 2 aliphatic heterocycles. The average molecular weight is 285 g/mol. The molecule has 2 atom stereocenters. The zero-order valence-electron chi connectivity index (χ0n) is 12.8. The highest BCUT2D eigenvalue weighted by Gasteiger charge is 2.40. The summed E-state index contributed by atoms with van der Waals surface area (Å²) in [5.41, 5.74) is 2.53. The van der Waals surface area contributed by atoms with Crippen LogP contribution in [0.25, 0.3) is 0 Å². The predicted molar refractivity (Wildman–Crippen MR) is 82.8 cm³/mol. The minimum atomic E-state index is -0.162. The van der Waals surface area contributed by atoms with Crippen LogP contribution >= 0.6 is 0 Å². The molecule has 0 saturated carbocycles. The van der Waals surface area contributed by atoms with Crippen molar-refractivity contribution in [2.75, 3.05) is 0 Å². The van der Waals surface area contributed by atoms with Crippen LogP contribution in [0.5, 0.6) is 0 Å². The number of rotatable bonds is 3. The van der Waals surface area contributed by atoms with Crippen molar-refractivity contribution in [3.05, 3.63) is 47.5 Å². The van der Waals surface area contributed by atoms with Crippen molar-refractivity contribution in [1.29, 1.82) is 0 Å². The van der Waals surface area contributed by atoms with Gasteiger partial charge in [0.2, 0.25) is 0 Å². The fourth-order valence-corrected chi connectivity index (χ4v) is 3.37. The van der Waals surface area contributed by atoms with Crippen LogP contribution in [0, 0.1) is 5.92 Å². The Balaban J connectivity index is 1.64. The largest absolute Gasteiger partial charge is 0.445 e. The topological polar surface area (TPSA) is 29.5 Å². The van der Waals surface area contributed by atoms with Crippen LogP contribution < -0.4 is 0 Å². The van der Waals surface area contributed by atoms with Crippen molar-refractivity contribution in [3.8, 4) is 0 Å². The molecule has 2 aliphatic rings. The molecule has 2 heterocycles. The molecule has 1 aromatic rings. The molecule has 0 spiro atoms. The average Bonchev–Trinajstić information content (AvgIpc) is 2.75. The van der Waals surface area contributed by atoms with Crippen molar-refractivity contribution in [2.24, 2.45) is 5.92 Å². The first-order chi connectivity index (χ1) is 10.1. The highest BCUT2D eigenvalue weighted by atomic mass is 16.6. The van der Waals surface area contributed by atoms with Crippen molar-refractivity contribution < 1.29 is 9.53 Å². The van der Waals surface area contributed by atoms with Gasteiger partial charge in [0.15, 0.2) is 0 Å². The van der Waals surface area contributed by atoms with E-state index in [1.165, 1.54) is 5.57 Å². The van der Waals surface area contributed by atoms with Gasteiger partial charge in [0.05, 0.1) is 6.04 Å². The van der Waals surface area contributed by atoms with Crippen LogP contribution in [0.3, 0.4) is 0 Å². The minimum absolute atomic E-state index is 0.162. The third-order valence-electron chi connectivity index (χ3n) is 4.58. The second-order valence-corrected chi connectivity index (χ2v) is 6.35. The molecule has 0 N–H and O–H groups in total. The molecule has 0 aromatic heterocycles. The number of carbonyl (C=O) groups excluding carboxylic acids is 1. The summed E-state index contributed by atoms with van der Waals surface area (Å²) < 4.78 is 5.50. The summed E-state index contributed by atoms with van der Waals surface area (Å²) in [6.45, 7) is 4.82. The molecule has 3 heteroatoms. The number of hydrogen-bond donors (Lipinski definition) is 0. The second kappa shape index (κ2) is 5.92. The van der Waals surface area contributed by atoms with E-state index < -0.39 is 0 Å². The molecule has 21 heavy (non-hydrogen) atoms. The normalized spacial score (nSPS) is 24.1. The highest BCUT2D eigenvalue weighted by Crippen LogP contribution is 2.37. The molecule has 1 aromatic carbocycles. The van der Waals surface area contributed by atoms with Crippen molar-refractivity contribution >= 4 is 6.09 Å². The summed E-state index contributed by atoms with van der Waals surface area (Å²) in [6, 6.07) is 10.4. The summed E-state index contributed by atoms with van der Waals surface area (Å²) in [4.78, 5) is 14.3. The molecule has 0 aliphatic carbocycles. The molecule has 2 bridgehead atoms. The molecule has 1 saturated heterocycles. The van der Waals surface area contributed by atoms with Crippen LogP contribution in [0.1, 0.15) is 38.7 Å². The molecule has 3 rings (SSSR count). The van der Waals surface area contributed by atoms with Gasteiger partial charge in [0, 0.05) is 6.04 Å². The van der Waals surface area contributed by atoms with Crippen molar-refractivity contribution in [3.63, 3.8) is 0 Å². The van der Waals surface area contributed by atoms with Gasteiger partial charge in [0.25, 0.3) is 0 Å². The Hall–Kier alpha value is -1.77. The van der Waals surface area contributed by atoms with Gasteiger partial charge in [0.1, 0.15) is 6.61 Å². The first kappa shape index (κ1) is 14.2. The molecular weight excluding hydrogens is 262 g/mol. The van der Waals surface area contributed by atoms with Gasteiger partial charge in [-0.25, -0.2) is 4.79 Å². The molecule has 1 amide bonds. The Labute approximate surface area is 126 Å².